The topological polar surface area (TPSA) is 75.6 Å². The molecule has 3 aromatic rings. The van der Waals surface area contributed by atoms with E-state index in [0.29, 0.717) is 12.5 Å². The number of nitrogens with zero attached hydrogens (tertiary/aromatic N) is 5. The van der Waals surface area contributed by atoms with Gasteiger partial charge in [0.1, 0.15) is 17.1 Å². The number of ether oxygens (including phenoxy) is 2. The number of anilines is 2. The fourth-order valence-electron chi connectivity index (χ4n) is 5.23. The van der Waals surface area contributed by atoms with Crippen LogP contribution in [0.4, 0.5) is 11.5 Å². The summed E-state index contributed by atoms with van der Waals surface area (Å²) in [6.07, 6.45) is 6.68. The molecule has 0 atom stereocenters. The lowest BCUT2D eigenvalue weighted by atomic mass is 9.97. The second-order valence-electron chi connectivity index (χ2n) is 11.3. The minimum atomic E-state index is 0.145. The summed E-state index contributed by atoms with van der Waals surface area (Å²) in [4.78, 5) is 19.2. The number of piperidine rings is 1. The van der Waals surface area contributed by atoms with E-state index in [0.717, 1.165) is 79.8 Å². The summed E-state index contributed by atoms with van der Waals surface area (Å²) >= 11 is 0. The highest BCUT2D eigenvalue weighted by molar-refractivity contribution is 5.87. The summed E-state index contributed by atoms with van der Waals surface area (Å²) in [7, 11) is 1.74. The number of benzene rings is 1. The Labute approximate surface area is 220 Å². The van der Waals surface area contributed by atoms with Crippen LogP contribution in [0.3, 0.4) is 0 Å². The molecule has 2 saturated heterocycles. The Hall–Kier alpha value is -2.97. The summed E-state index contributed by atoms with van der Waals surface area (Å²) in [6.45, 7) is 13.4. The van der Waals surface area contributed by atoms with Gasteiger partial charge in [-0.3, -0.25) is 4.90 Å². The predicted molar refractivity (Wildman–Crippen MR) is 149 cm³/mol. The number of pyridine rings is 1. The summed E-state index contributed by atoms with van der Waals surface area (Å²) in [5.41, 5.74) is 3.31. The third-order valence-corrected chi connectivity index (χ3v) is 7.35. The molecule has 0 amide bonds. The van der Waals surface area contributed by atoms with Gasteiger partial charge in [-0.15, -0.1) is 0 Å². The normalized spacial score (nSPS) is 17.8. The number of fused-ring (bicyclic) bond motifs is 1. The van der Waals surface area contributed by atoms with Gasteiger partial charge in [0, 0.05) is 80.3 Å². The van der Waals surface area contributed by atoms with Crippen LogP contribution in [0, 0.1) is 5.41 Å². The second-order valence-corrected chi connectivity index (χ2v) is 11.3. The van der Waals surface area contributed by atoms with Crippen LogP contribution in [-0.2, 0) is 11.2 Å². The van der Waals surface area contributed by atoms with Crippen LogP contribution in [0.2, 0.25) is 0 Å². The van der Waals surface area contributed by atoms with Gasteiger partial charge in [-0.2, -0.15) is 0 Å². The van der Waals surface area contributed by atoms with Crippen LogP contribution in [0.25, 0.3) is 10.9 Å². The highest BCUT2D eigenvalue weighted by Gasteiger charge is 2.26. The van der Waals surface area contributed by atoms with Crippen LogP contribution in [-0.4, -0.2) is 78.9 Å². The van der Waals surface area contributed by atoms with Gasteiger partial charge in [0.2, 0.25) is 0 Å². The molecule has 5 rings (SSSR count). The van der Waals surface area contributed by atoms with Crippen molar-refractivity contribution in [2.45, 2.75) is 46.1 Å². The van der Waals surface area contributed by atoms with Crippen molar-refractivity contribution in [3.63, 3.8) is 0 Å². The summed E-state index contributed by atoms with van der Waals surface area (Å²) in [6, 6.07) is 9.18. The molecule has 8 nitrogen and oxygen atoms in total. The predicted octanol–water partition coefficient (Wildman–Crippen LogP) is 4.38. The van der Waals surface area contributed by atoms with E-state index in [4.69, 9.17) is 14.5 Å². The average Bonchev–Trinajstić information content (AvgIpc) is 2.92. The molecule has 0 saturated carbocycles. The molecule has 8 heteroatoms. The number of morpholine rings is 1. The third kappa shape index (κ3) is 6.30. The van der Waals surface area contributed by atoms with E-state index < -0.39 is 0 Å². The van der Waals surface area contributed by atoms with E-state index in [-0.39, 0.29) is 5.41 Å². The van der Waals surface area contributed by atoms with E-state index in [1.807, 2.05) is 18.5 Å². The molecular weight excluding hydrogens is 464 g/mol. The molecule has 0 bridgehead atoms. The van der Waals surface area contributed by atoms with Crippen molar-refractivity contribution in [2.75, 3.05) is 63.3 Å². The standard InChI is InChI=1S/C29H40N6O2/c1-29(2,3)20-32-28-27-22(7-10-30-28)19-31-26(33-27)17-21-5-6-24(18-25(21)36-4)34-11-8-23(9-12-34)35-13-15-37-16-14-35/h5-7,10,18-19,23H,8-9,11-17,20H2,1-4H3,(H,30,32). The van der Waals surface area contributed by atoms with Crippen LogP contribution in [0.15, 0.2) is 36.7 Å². The average molecular weight is 505 g/mol. The molecule has 198 valence electrons. The number of methoxy groups -OCH3 is 1. The molecule has 2 aromatic heterocycles. The lowest BCUT2D eigenvalue weighted by molar-refractivity contribution is 0.0115. The maximum atomic E-state index is 5.82. The minimum Gasteiger partial charge on any atom is -0.496 e. The van der Waals surface area contributed by atoms with Crippen molar-refractivity contribution < 1.29 is 9.47 Å². The quantitative estimate of drug-likeness (QED) is 0.508. The first kappa shape index (κ1) is 25.7. The van der Waals surface area contributed by atoms with Crippen LogP contribution < -0.4 is 15.0 Å². The van der Waals surface area contributed by atoms with E-state index >= 15 is 0 Å². The van der Waals surface area contributed by atoms with Gasteiger partial charge in [-0.05, 0) is 30.4 Å². The maximum Gasteiger partial charge on any atom is 0.152 e. The maximum absolute atomic E-state index is 5.82. The van der Waals surface area contributed by atoms with Crippen LogP contribution in [0.1, 0.15) is 45.0 Å². The second kappa shape index (κ2) is 11.2. The number of aromatic nitrogens is 3. The highest BCUT2D eigenvalue weighted by atomic mass is 16.5. The first-order valence-corrected chi connectivity index (χ1v) is 13.5. The van der Waals surface area contributed by atoms with Crippen LogP contribution in [0.5, 0.6) is 5.75 Å². The summed E-state index contributed by atoms with van der Waals surface area (Å²) in [5, 5.41) is 4.45. The van der Waals surface area contributed by atoms with Gasteiger partial charge >= 0.3 is 0 Å². The Balaban J connectivity index is 1.29. The number of nitrogens with one attached hydrogen (secondary N) is 1. The largest absolute Gasteiger partial charge is 0.496 e. The molecule has 0 aliphatic carbocycles. The van der Waals surface area contributed by atoms with Crippen LogP contribution >= 0.6 is 0 Å². The number of hydrogen-bond acceptors (Lipinski definition) is 8. The molecule has 2 aliphatic heterocycles. The summed E-state index contributed by atoms with van der Waals surface area (Å²) in [5.74, 6) is 2.45. The van der Waals surface area contributed by atoms with Gasteiger partial charge in [0.15, 0.2) is 5.82 Å². The smallest absolute Gasteiger partial charge is 0.152 e. The first-order valence-electron chi connectivity index (χ1n) is 13.5. The molecule has 0 radical (unpaired) electrons. The molecule has 2 aliphatic rings. The third-order valence-electron chi connectivity index (χ3n) is 7.35. The molecule has 37 heavy (non-hydrogen) atoms. The van der Waals surface area contributed by atoms with Gasteiger partial charge in [-0.25, -0.2) is 15.0 Å². The zero-order chi connectivity index (χ0) is 25.8. The van der Waals surface area contributed by atoms with Crippen molar-refractivity contribution in [1.29, 1.82) is 0 Å². The molecule has 1 aromatic carbocycles. The zero-order valence-corrected chi connectivity index (χ0v) is 22.7. The van der Waals surface area contributed by atoms with Gasteiger partial charge < -0.3 is 19.7 Å². The summed E-state index contributed by atoms with van der Waals surface area (Å²) < 4.78 is 11.4. The van der Waals surface area contributed by atoms with Gasteiger partial charge in [0.05, 0.1) is 20.3 Å². The molecule has 4 heterocycles. The monoisotopic (exact) mass is 504 g/mol. The van der Waals surface area contributed by atoms with E-state index in [1.165, 1.54) is 18.5 Å². The number of hydrogen-bond donors (Lipinski definition) is 1. The van der Waals surface area contributed by atoms with Crippen molar-refractivity contribution in [2.24, 2.45) is 5.41 Å². The molecule has 1 N–H and O–H groups in total. The zero-order valence-electron chi connectivity index (χ0n) is 22.7. The van der Waals surface area contributed by atoms with Gasteiger partial charge in [0.25, 0.3) is 0 Å². The molecule has 2 fully saturated rings. The fourth-order valence-corrected chi connectivity index (χ4v) is 5.23. The SMILES string of the molecule is COc1cc(N2CCC(N3CCOCC3)CC2)ccc1Cc1ncc2ccnc(NCC(C)(C)C)c2n1. The Morgan fingerprint density at radius 1 is 1.05 bits per heavy atom. The van der Waals surface area contributed by atoms with Gasteiger partial charge in [-0.1, -0.05) is 26.8 Å². The lowest BCUT2D eigenvalue weighted by Crippen LogP contribution is -2.49. The Morgan fingerprint density at radius 2 is 1.84 bits per heavy atom. The number of rotatable bonds is 7. The fraction of sp³-hybridized carbons (Fsp3) is 0.552. The Kier molecular flexibility index (Phi) is 7.76. The molecular formula is C29H40N6O2. The Morgan fingerprint density at radius 3 is 2.57 bits per heavy atom. The highest BCUT2D eigenvalue weighted by Crippen LogP contribution is 2.30. The molecule has 0 unspecified atom stereocenters. The van der Waals surface area contributed by atoms with E-state index in [9.17, 15) is 0 Å². The lowest BCUT2D eigenvalue weighted by Gasteiger charge is -2.40. The van der Waals surface area contributed by atoms with Crippen molar-refractivity contribution in [3.05, 3.63) is 48.0 Å². The van der Waals surface area contributed by atoms with E-state index in [2.05, 4.69) is 64.1 Å². The minimum absolute atomic E-state index is 0.145. The van der Waals surface area contributed by atoms with E-state index in [1.54, 1.807) is 7.11 Å². The van der Waals surface area contributed by atoms with Crippen molar-refractivity contribution in [3.8, 4) is 5.75 Å². The van der Waals surface area contributed by atoms with Crippen molar-refractivity contribution >= 4 is 22.4 Å². The first-order chi connectivity index (χ1) is 17.9. The molecule has 0 spiro atoms. The Bertz CT molecular complexity index is 1200. The van der Waals surface area contributed by atoms with Crippen molar-refractivity contribution in [1.82, 2.24) is 19.9 Å².